The van der Waals surface area contributed by atoms with Crippen molar-refractivity contribution < 1.29 is 14.4 Å². The third-order valence-electron chi connectivity index (χ3n) is 4.74. The number of anilines is 1. The Bertz CT molecular complexity index is 1200. The fourth-order valence-corrected chi connectivity index (χ4v) is 4.07. The number of hydrogen-bond acceptors (Lipinski definition) is 4. The van der Waals surface area contributed by atoms with Gasteiger partial charge in [0.05, 0.1) is 23.7 Å². The quantitative estimate of drug-likeness (QED) is 0.423. The van der Waals surface area contributed by atoms with Crippen LogP contribution in [0, 0.1) is 0 Å². The molecule has 0 spiro atoms. The minimum atomic E-state index is -4.34. The first kappa shape index (κ1) is 19.3. The number of benzene rings is 2. The van der Waals surface area contributed by atoms with Gasteiger partial charge in [-0.2, -0.15) is 5.10 Å². The average Bonchev–Trinajstić information content (AvgIpc) is 3.20. The smallest absolute Gasteiger partial charge is 0.356 e. The summed E-state index contributed by atoms with van der Waals surface area (Å²) in [5, 5.41) is 7.74. The maximum Gasteiger partial charge on any atom is 0.356 e. The number of aryl methyl sites for hydroxylation is 1. The molecule has 3 N–H and O–H groups in total. The highest BCUT2D eigenvalue weighted by Crippen LogP contribution is 2.37. The minimum absolute atomic E-state index is 0.0330. The highest BCUT2D eigenvalue weighted by molar-refractivity contribution is 7.60. The van der Waals surface area contributed by atoms with Crippen LogP contribution < -0.4 is 10.6 Å². The molecule has 29 heavy (non-hydrogen) atoms. The van der Waals surface area contributed by atoms with Crippen LogP contribution in [0.4, 0.5) is 5.69 Å². The van der Waals surface area contributed by atoms with E-state index in [2.05, 4.69) is 22.3 Å². The van der Waals surface area contributed by atoms with Crippen LogP contribution in [0.25, 0.3) is 16.8 Å². The molecule has 0 radical (unpaired) electrons. The van der Waals surface area contributed by atoms with E-state index in [4.69, 9.17) is 0 Å². The molecule has 4 aromatic rings. The van der Waals surface area contributed by atoms with Crippen LogP contribution in [-0.2, 0) is 17.5 Å². The van der Waals surface area contributed by atoms with Crippen molar-refractivity contribution in [3.63, 3.8) is 0 Å². The maximum atomic E-state index is 11.8. The van der Waals surface area contributed by atoms with Crippen LogP contribution in [0.5, 0.6) is 0 Å². The first-order chi connectivity index (χ1) is 14.0. The van der Waals surface area contributed by atoms with Gasteiger partial charge < -0.3 is 15.1 Å². The van der Waals surface area contributed by atoms with Gasteiger partial charge in [-0.15, -0.1) is 0 Å². The van der Waals surface area contributed by atoms with Gasteiger partial charge in [0.2, 0.25) is 0 Å². The van der Waals surface area contributed by atoms with Gasteiger partial charge in [-0.3, -0.25) is 4.57 Å². The van der Waals surface area contributed by atoms with Crippen LogP contribution in [0.2, 0.25) is 0 Å². The summed E-state index contributed by atoms with van der Waals surface area (Å²) in [6.07, 6.45) is 2.58. The first-order valence-corrected chi connectivity index (χ1v) is 10.9. The van der Waals surface area contributed by atoms with Gasteiger partial charge >= 0.3 is 7.60 Å². The Kier molecular flexibility index (Phi) is 5.20. The monoisotopic (exact) mass is 408 g/mol. The van der Waals surface area contributed by atoms with Crippen molar-refractivity contribution in [2.45, 2.75) is 19.9 Å². The molecule has 0 saturated carbocycles. The summed E-state index contributed by atoms with van der Waals surface area (Å²) in [7, 11) is -4.34. The van der Waals surface area contributed by atoms with E-state index in [1.165, 1.54) is 6.07 Å². The summed E-state index contributed by atoms with van der Waals surface area (Å²) in [6.45, 7) is 2.65. The van der Waals surface area contributed by atoms with E-state index in [1.54, 1.807) is 24.4 Å². The van der Waals surface area contributed by atoms with Crippen molar-refractivity contribution in [2.24, 2.45) is 0 Å². The predicted octanol–water partition coefficient (Wildman–Crippen LogP) is 3.37. The molecule has 8 heteroatoms. The summed E-state index contributed by atoms with van der Waals surface area (Å²) in [5.74, 6) is 0. The molecular weight excluding hydrogens is 387 g/mol. The molecule has 0 fully saturated rings. The summed E-state index contributed by atoms with van der Waals surface area (Å²) < 4.78 is 13.6. The topological polar surface area (TPSA) is 99.8 Å². The lowest BCUT2D eigenvalue weighted by atomic mass is 10.1. The zero-order chi connectivity index (χ0) is 20.4. The van der Waals surface area contributed by atoms with Crippen molar-refractivity contribution in [3.8, 4) is 11.1 Å². The number of fused-ring (bicyclic) bond motifs is 1. The van der Waals surface area contributed by atoms with Gasteiger partial charge in [0.1, 0.15) is 0 Å². The first-order valence-electron chi connectivity index (χ1n) is 9.27. The molecule has 7 nitrogen and oxygen atoms in total. The van der Waals surface area contributed by atoms with Gasteiger partial charge in [0.25, 0.3) is 0 Å². The SMILES string of the molecule is CCc1cc(CNc2ccc(-c3ccccc3P(=O)(O)O)cc2)n2nccc2n1. The summed E-state index contributed by atoms with van der Waals surface area (Å²) in [4.78, 5) is 23.7. The van der Waals surface area contributed by atoms with Crippen molar-refractivity contribution in [3.05, 3.63) is 78.2 Å². The molecule has 0 aliphatic heterocycles. The van der Waals surface area contributed by atoms with E-state index in [0.717, 1.165) is 34.7 Å². The Morgan fingerprint density at radius 3 is 2.55 bits per heavy atom. The molecule has 0 atom stereocenters. The molecule has 2 aromatic carbocycles. The molecule has 2 heterocycles. The third kappa shape index (κ3) is 4.07. The summed E-state index contributed by atoms with van der Waals surface area (Å²) >= 11 is 0. The van der Waals surface area contributed by atoms with Crippen LogP contribution in [0.3, 0.4) is 0 Å². The van der Waals surface area contributed by atoms with Crippen LogP contribution in [0.15, 0.2) is 66.9 Å². The van der Waals surface area contributed by atoms with Crippen molar-refractivity contribution >= 4 is 24.2 Å². The van der Waals surface area contributed by atoms with Gasteiger partial charge in [0, 0.05) is 17.4 Å². The third-order valence-corrected chi connectivity index (χ3v) is 5.75. The van der Waals surface area contributed by atoms with E-state index in [9.17, 15) is 14.4 Å². The average molecular weight is 408 g/mol. The molecule has 4 rings (SSSR count). The minimum Gasteiger partial charge on any atom is -0.379 e. The van der Waals surface area contributed by atoms with Gasteiger partial charge in [-0.05, 0) is 41.8 Å². The molecule has 0 aliphatic rings. The number of nitrogens with zero attached hydrogens (tertiary/aromatic N) is 3. The van der Waals surface area contributed by atoms with Crippen LogP contribution in [-0.4, -0.2) is 24.4 Å². The molecule has 0 amide bonds. The van der Waals surface area contributed by atoms with E-state index >= 15 is 0 Å². The lowest BCUT2D eigenvalue weighted by molar-refractivity contribution is 0.387. The molecular formula is C21H21N4O3P. The number of nitrogens with one attached hydrogen (secondary N) is 1. The van der Waals surface area contributed by atoms with Crippen molar-refractivity contribution in [2.75, 3.05) is 5.32 Å². The summed E-state index contributed by atoms with van der Waals surface area (Å²) in [6, 6.07) is 18.0. The Morgan fingerprint density at radius 2 is 1.83 bits per heavy atom. The lowest BCUT2D eigenvalue weighted by Gasteiger charge is -2.13. The normalized spacial score (nSPS) is 11.7. The summed E-state index contributed by atoms with van der Waals surface area (Å²) in [5.41, 5.74) is 5.03. The van der Waals surface area contributed by atoms with Gasteiger partial charge in [-0.25, -0.2) is 9.50 Å². The molecule has 0 unspecified atom stereocenters. The maximum absolute atomic E-state index is 11.8. The van der Waals surface area contributed by atoms with Gasteiger partial charge in [0.15, 0.2) is 5.65 Å². The Morgan fingerprint density at radius 1 is 1.07 bits per heavy atom. The van der Waals surface area contributed by atoms with E-state index in [1.807, 2.05) is 40.9 Å². The predicted molar refractivity (Wildman–Crippen MR) is 113 cm³/mol. The largest absolute Gasteiger partial charge is 0.379 e. The fraction of sp³-hybridized carbons (Fsp3) is 0.143. The second kappa shape index (κ2) is 7.79. The van der Waals surface area contributed by atoms with Crippen molar-refractivity contribution in [1.82, 2.24) is 14.6 Å². The van der Waals surface area contributed by atoms with Crippen LogP contribution >= 0.6 is 7.60 Å². The lowest BCUT2D eigenvalue weighted by Crippen LogP contribution is -2.09. The highest BCUT2D eigenvalue weighted by Gasteiger charge is 2.21. The van der Waals surface area contributed by atoms with Crippen LogP contribution in [0.1, 0.15) is 18.3 Å². The van der Waals surface area contributed by atoms with Crippen molar-refractivity contribution in [1.29, 1.82) is 0 Å². The second-order valence-corrected chi connectivity index (χ2v) is 8.26. The van der Waals surface area contributed by atoms with Gasteiger partial charge in [-0.1, -0.05) is 37.3 Å². The zero-order valence-corrected chi connectivity index (χ0v) is 16.8. The van der Waals surface area contributed by atoms with E-state index in [-0.39, 0.29) is 5.30 Å². The molecule has 2 aromatic heterocycles. The van der Waals surface area contributed by atoms with E-state index in [0.29, 0.717) is 12.1 Å². The van der Waals surface area contributed by atoms with E-state index < -0.39 is 7.60 Å². The Hall–Kier alpha value is -2.99. The number of aromatic nitrogens is 3. The highest BCUT2D eigenvalue weighted by atomic mass is 31.2. The Labute approximate surface area is 168 Å². The number of hydrogen-bond donors (Lipinski definition) is 3. The molecule has 148 valence electrons. The molecule has 0 bridgehead atoms. The Balaban J connectivity index is 1.56. The molecule has 0 aliphatic carbocycles. The fourth-order valence-electron chi connectivity index (χ4n) is 3.27. The second-order valence-electron chi connectivity index (χ2n) is 6.69. The number of rotatable bonds is 6. The zero-order valence-electron chi connectivity index (χ0n) is 15.9. The molecule has 0 saturated heterocycles. The standard InChI is InChI=1S/C21H21N4O3P/c1-2-16-13-18(25-21(24-16)11-12-23-25)14-22-17-9-7-15(8-10-17)19-5-3-4-6-20(19)29(26,27)28/h3-13,22H,2,14H2,1H3,(H2,26,27,28).